The molecule has 0 bridgehead atoms. The summed E-state index contributed by atoms with van der Waals surface area (Å²) in [6.07, 6.45) is 0. The summed E-state index contributed by atoms with van der Waals surface area (Å²) in [6.45, 7) is -0.412. The van der Waals surface area contributed by atoms with E-state index in [0.29, 0.717) is 17.1 Å². The van der Waals surface area contributed by atoms with Crippen LogP contribution >= 0.6 is 11.6 Å². The third kappa shape index (κ3) is 4.86. The molecule has 0 saturated carbocycles. The fourth-order valence-corrected chi connectivity index (χ4v) is 3.25. The predicted molar refractivity (Wildman–Crippen MR) is 118 cm³/mol. The normalized spacial score (nSPS) is 11.6. The summed E-state index contributed by atoms with van der Waals surface area (Å²) in [6, 6.07) is 12.7. The molecule has 0 unspecified atom stereocenters. The molecule has 34 heavy (non-hydrogen) atoms. The van der Waals surface area contributed by atoms with Crippen LogP contribution in [0.5, 0.6) is 28.7 Å². The van der Waals surface area contributed by atoms with Gasteiger partial charge >= 0.3 is 11.7 Å². The van der Waals surface area contributed by atoms with E-state index in [1.165, 1.54) is 43.5 Å². The highest BCUT2D eigenvalue weighted by Crippen LogP contribution is 2.38. The van der Waals surface area contributed by atoms with Crippen molar-refractivity contribution in [2.75, 3.05) is 20.5 Å². The Kier molecular flexibility index (Phi) is 6.51. The van der Waals surface area contributed by atoms with Crippen LogP contribution in [-0.2, 0) is 4.74 Å². The number of nitrogens with zero attached hydrogens (tertiary/aromatic N) is 1. The van der Waals surface area contributed by atoms with E-state index in [2.05, 4.69) is 0 Å². The number of methoxy groups -OCH3 is 1. The van der Waals surface area contributed by atoms with Crippen molar-refractivity contribution in [3.05, 3.63) is 80.9 Å². The van der Waals surface area contributed by atoms with Gasteiger partial charge in [0.15, 0.2) is 35.4 Å². The molecule has 0 amide bonds. The van der Waals surface area contributed by atoms with Gasteiger partial charge in [-0.05, 0) is 48.5 Å². The number of carbonyl (C=O) groups is 2. The summed E-state index contributed by atoms with van der Waals surface area (Å²) in [5, 5.41) is 11.5. The van der Waals surface area contributed by atoms with Crippen LogP contribution in [0.25, 0.3) is 0 Å². The summed E-state index contributed by atoms with van der Waals surface area (Å²) in [5.41, 5.74) is 0.0660. The molecule has 1 heterocycles. The Morgan fingerprint density at radius 3 is 2.47 bits per heavy atom. The lowest BCUT2D eigenvalue weighted by Gasteiger charge is -2.12. The number of nitro groups is 1. The highest BCUT2D eigenvalue weighted by molar-refractivity contribution is 6.30. The number of ketones is 1. The predicted octanol–water partition coefficient (Wildman–Crippen LogP) is 4.82. The molecule has 0 saturated heterocycles. The van der Waals surface area contributed by atoms with Crippen LogP contribution in [0.1, 0.15) is 20.7 Å². The molecule has 0 N–H and O–H groups in total. The van der Waals surface area contributed by atoms with E-state index < -0.39 is 23.3 Å². The van der Waals surface area contributed by atoms with Gasteiger partial charge in [-0.3, -0.25) is 14.9 Å². The van der Waals surface area contributed by atoms with Crippen molar-refractivity contribution in [1.29, 1.82) is 0 Å². The second-order valence-electron chi connectivity index (χ2n) is 6.90. The summed E-state index contributed by atoms with van der Waals surface area (Å²) in [7, 11) is 1.34. The molecular formula is C23H16ClNO9. The van der Waals surface area contributed by atoms with Crippen LogP contribution in [-0.4, -0.2) is 37.2 Å². The Hall–Kier alpha value is -4.31. The van der Waals surface area contributed by atoms with Gasteiger partial charge in [-0.2, -0.15) is 0 Å². The SMILES string of the molecule is COc1cc(C(=O)OCC(=O)c2ccc3c(c2)OCO3)ccc1Oc1ccc(Cl)cc1[N+](=O)[O-]. The number of hydrogen-bond acceptors (Lipinski definition) is 9. The highest BCUT2D eigenvalue weighted by Gasteiger charge is 2.21. The number of nitro benzene ring substituents is 1. The van der Waals surface area contributed by atoms with Gasteiger partial charge in [0.1, 0.15) is 0 Å². The van der Waals surface area contributed by atoms with E-state index >= 15 is 0 Å². The smallest absolute Gasteiger partial charge is 0.338 e. The van der Waals surface area contributed by atoms with Crippen molar-refractivity contribution in [1.82, 2.24) is 0 Å². The zero-order chi connectivity index (χ0) is 24.2. The van der Waals surface area contributed by atoms with Crippen LogP contribution in [0, 0.1) is 10.1 Å². The Balaban J connectivity index is 1.45. The molecule has 0 fully saturated rings. The Morgan fingerprint density at radius 2 is 1.71 bits per heavy atom. The number of halogens is 1. The second kappa shape index (κ2) is 9.67. The van der Waals surface area contributed by atoms with E-state index in [-0.39, 0.29) is 40.3 Å². The minimum Gasteiger partial charge on any atom is -0.493 e. The van der Waals surface area contributed by atoms with Crippen molar-refractivity contribution in [3.63, 3.8) is 0 Å². The molecule has 0 aliphatic carbocycles. The minimum atomic E-state index is -0.767. The molecule has 11 heteroatoms. The van der Waals surface area contributed by atoms with Crippen molar-refractivity contribution < 1.29 is 38.2 Å². The van der Waals surface area contributed by atoms with Gasteiger partial charge in [-0.15, -0.1) is 0 Å². The third-order valence-electron chi connectivity index (χ3n) is 4.77. The summed E-state index contributed by atoms with van der Waals surface area (Å²) in [4.78, 5) is 35.5. The lowest BCUT2D eigenvalue weighted by molar-refractivity contribution is -0.385. The van der Waals surface area contributed by atoms with Crippen LogP contribution < -0.4 is 18.9 Å². The maximum atomic E-state index is 12.5. The maximum Gasteiger partial charge on any atom is 0.338 e. The number of esters is 1. The van der Waals surface area contributed by atoms with E-state index in [4.69, 9.17) is 35.3 Å². The fraction of sp³-hybridized carbons (Fsp3) is 0.130. The first-order valence-electron chi connectivity index (χ1n) is 9.75. The lowest BCUT2D eigenvalue weighted by atomic mass is 10.1. The monoisotopic (exact) mass is 485 g/mol. The molecule has 0 spiro atoms. The standard InChI is InChI=1S/C23H16ClNO9/c1-30-21-9-14(3-6-20(21)34-18-7-4-15(24)10-16(18)25(28)29)23(27)31-11-17(26)13-2-5-19-22(8-13)33-12-32-19/h2-10H,11-12H2,1H3. The Bertz CT molecular complexity index is 1290. The van der Waals surface area contributed by atoms with E-state index in [1.807, 2.05) is 0 Å². The van der Waals surface area contributed by atoms with Crippen LogP contribution in [0.4, 0.5) is 5.69 Å². The quantitative estimate of drug-likeness (QED) is 0.191. The van der Waals surface area contributed by atoms with Crippen molar-refractivity contribution in [3.8, 4) is 28.7 Å². The second-order valence-corrected chi connectivity index (χ2v) is 7.34. The van der Waals surface area contributed by atoms with Gasteiger partial charge in [0.05, 0.1) is 17.6 Å². The van der Waals surface area contributed by atoms with E-state index in [9.17, 15) is 19.7 Å². The zero-order valence-electron chi connectivity index (χ0n) is 17.6. The topological polar surface area (TPSA) is 123 Å². The Labute approximate surface area is 197 Å². The first-order chi connectivity index (χ1) is 16.4. The first kappa shape index (κ1) is 22.9. The van der Waals surface area contributed by atoms with Crippen molar-refractivity contribution in [2.24, 2.45) is 0 Å². The average molecular weight is 486 g/mol. The van der Waals surface area contributed by atoms with Gasteiger partial charge < -0.3 is 23.7 Å². The zero-order valence-corrected chi connectivity index (χ0v) is 18.4. The van der Waals surface area contributed by atoms with Gasteiger partial charge in [0.25, 0.3) is 0 Å². The van der Waals surface area contributed by atoms with E-state index in [0.717, 1.165) is 6.07 Å². The molecule has 4 rings (SSSR count). The first-order valence-corrected chi connectivity index (χ1v) is 10.1. The van der Waals surface area contributed by atoms with E-state index in [1.54, 1.807) is 12.1 Å². The van der Waals surface area contributed by atoms with Gasteiger partial charge in [-0.1, -0.05) is 11.6 Å². The summed E-state index contributed by atoms with van der Waals surface area (Å²) >= 11 is 5.82. The van der Waals surface area contributed by atoms with Crippen molar-refractivity contribution >= 4 is 29.0 Å². The number of hydrogen-bond donors (Lipinski definition) is 0. The average Bonchev–Trinajstić information content (AvgIpc) is 3.31. The van der Waals surface area contributed by atoms with Gasteiger partial charge in [0, 0.05) is 16.7 Å². The molecule has 0 atom stereocenters. The van der Waals surface area contributed by atoms with Crippen LogP contribution in [0.15, 0.2) is 54.6 Å². The fourth-order valence-electron chi connectivity index (χ4n) is 3.08. The number of fused-ring (bicyclic) bond motifs is 1. The molecule has 1 aliphatic rings. The number of rotatable bonds is 8. The van der Waals surface area contributed by atoms with Gasteiger partial charge in [-0.25, -0.2) is 4.79 Å². The summed E-state index contributed by atoms with van der Waals surface area (Å²) < 4.78 is 26.4. The van der Waals surface area contributed by atoms with Crippen LogP contribution in [0.3, 0.4) is 0 Å². The third-order valence-corrected chi connectivity index (χ3v) is 5.00. The molecular weight excluding hydrogens is 470 g/mol. The molecule has 0 radical (unpaired) electrons. The Morgan fingerprint density at radius 1 is 0.971 bits per heavy atom. The number of Topliss-reactive ketones (excluding diaryl/α,β-unsaturated/α-hetero) is 1. The number of ether oxygens (including phenoxy) is 5. The molecule has 1 aliphatic heterocycles. The molecule has 3 aromatic rings. The summed E-state index contributed by atoms with van der Waals surface area (Å²) in [5.74, 6) is -0.0191. The lowest BCUT2D eigenvalue weighted by Crippen LogP contribution is -2.14. The maximum absolute atomic E-state index is 12.5. The molecule has 3 aromatic carbocycles. The number of benzene rings is 3. The molecule has 10 nitrogen and oxygen atoms in total. The van der Waals surface area contributed by atoms with Crippen molar-refractivity contribution in [2.45, 2.75) is 0 Å². The molecule has 174 valence electrons. The number of carbonyl (C=O) groups excluding carboxylic acids is 2. The van der Waals surface area contributed by atoms with Gasteiger partial charge in [0.2, 0.25) is 12.5 Å². The van der Waals surface area contributed by atoms with Crippen LogP contribution in [0.2, 0.25) is 5.02 Å². The minimum absolute atomic E-state index is 0.0580. The largest absolute Gasteiger partial charge is 0.493 e. The molecule has 0 aromatic heterocycles. The highest BCUT2D eigenvalue weighted by atomic mass is 35.5.